The van der Waals surface area contributed by atoms with Gasteiger partial charge in [-0.3, -0.25) is 14.0 Å². The first-order valence-corrected chi connectivity index (χ1v) is 11.3. The molecule has 0 saturated carbocycles. The van der Waals surface area contributed by atoms with Gasteiger partial charge in [0.15, 0.2) is 4.96 Å². The van der Waals surface area contributed by atoms with Crippen LogP contribution in [0, 0.1) is 5.92 Å². The van der Waals surface area contributed by atoms with Gasteiger partial charge in [0, 0.05) is 43.7 Å². The maximum atomic E-state index is 12.9. The lowest BCUT2D eigenvalue weighted by Gasteiger charge is -2.35. The molecule has 3 aromatic rings. The normalized spacial score (nSPS) is 19.3. The van der Waals surface area contributed by atoms with E-state index < -0.39 is 0 Å². The number of likely N-dealkylation sites (tertiary alicyclic amines) is 2. The van der Waals surface area contributed by atoms with Crippen LogP contribution in [0.2, 0.25) is 0 Å². The molecule has 0 bridgehead atoms. The number of hydrogen-bond donors (Lipinski definition) is 0. The quantitative estimate of drug-likeness (QED) is 0.659. The third-order valence-electron chi connectivity index (χ3n) is 5.75. The molecule has 2 aliphatic rings. The summed E-state index contributed by atoms with van der Waals surface area (Å²) in [5.74, 6) is 0.461. The van der Waals surface area contributed by atoms with E-state index in [0.717, 1.165) is 59.0 Å². The van der Waals surface area contributed by atoms with Gasteiger partial charge in [0.1, 0.15) is 4.83 Å². The van der Waals surface area contributed by atoms with E-state index in [-0.39, 0.29) is 11.8 Å². The summed E-state index contributed by atoms with van der Waals surface area (Å²) < 4.78 is 2.04. The van der Waals surface area contributed by atoms with E-state index in [2.05, 4.69) is 4.98 Å². The minimum Gasteiger partial charge on any atom is -0.342 e. The van der Waals surface area contributed by atoms with Gasteiger partial charge in [-0.2, -0.15) is 0 Å². The van der Waals surface area contributed by atoms with Crippen molar-refractivity contribution < 1.29 is 9.59 Å². The second-order valence-electron chi connectivity index (χ2n) is 7.42. The van der Waals surface area contributed by atoms with Gasteiger partial charge >= 0.3 is 0 Å². The van der Waals surface area contributed by atoms with Crippen LogP contribution < -0.4 is 0 Å². The number of carbonyl (C=O) groups is 2. The Morgan fingerprint density at radius 2 is 1.81 bits per heavy atom. The lowest BCUT2D eigenvalue weighted by Crippen LogP contribution is -2.45. The molecule has 0 atom stereocenters. The fourth-order valence-corrected chi connectivity index (χ4v) is 5.98. The highest BCUT2D eigenvalue weighted by Gasteiger charge is 2.31. The van der Waals surface area contributed by atoms with Gasteiger partial charge in [-0.05, 0) is 38.2 Å². The maximum Gasteiger partial charge on any atom is 0.264 e. The minimum atomic E-state index is 0.0749. The fourth-order valence-electron chi connectivity index (χ4n) is 4.21. The summed E-state index contributed by atoms with van der Waals surface area (Å²) in [7, 11) is 0. The zero-order chi connectivity index (χ0) is 18.4. The Balaban J connectivity index is 1.25. The smallest absolute Gasteiger partial charge is 0.264 e. The number of hydrogen-bond acceptors (Lipinski definition) is 5. The SMILES string of the molecule is O=C(c1cc2c(nc3sccn32)s1)N1CCC(C(=O)N2CCCCC2)CC1. The predicted molar refractivity (Wildman–Crippen MR) is 108 cm³/mol. The summed E-state index contributed by atoms with van der Waals surface area (Å²) >= 11 is 3.07. The van der Waals surface area contributed by atoms with Crippen molar-refractivity contribution in [3.05, 3.63) is 22.5 Å². The monoisotopic (exact) mass is 402 g/mol. The number of carbonyl (C=O) groups excluding carboxylic acids is 2. The summed E-state index contributed by atoms with van der Waals surface area (Å²) in [6, 6.07) is 1.96. The van der Waals surface area contributed by atoms with E-state index in [9.17, 15) is 9.59 Å². The highest BCUT2D eigenvalue weighted by atomic mass is 32.1. The van der Waals surface area contributed by atoms with E-state index in [1.54, 1.807) is 11.3 Å². The van der Waals surface area contributed by atoms with E-state index >= 15 is 0 Å². The second-order valence-corrected chi connectivity index (χ2v) is 9.32. The number of rotatable bonds is 2. The Hall–Kier alpha value is -1.93. The molecule has 0 spiro atoms. The molecule has 6 nitrogen and oxygen atoms in total. The Bertz CT molecular complexity index is 990. The number of imidazole rings is 1. The van der Waals surface area contributed by atoms with Crippen LogP contribution in [0.4, 0.5) is 0 Å². The lowest BCUT2D eigenvalue weighted by atomic mass is 9.94. The molecule has 0 N–H and O–H groups in total. The number of fused-ring (bicyclic) bond motifs is 3. The van der Waals surface area contributed by atoms with Crippen molar-refractivity contribution in [1.82, 2.24) is 19.2 Å². The number of thiazole rings is 1. The summed E-state index contributed by atoms with van der Waals surface area (Å²) in [5, 5.41) is 2.01. The van der Waals surface area contributed by atoms with Gasteiger partial charge in [-0.1, -0.05) is 0 Å². The average Bonchev–Trinajstić information content (AvgIpc) is 3.40. The molecule has 2 fully saturated rings. The van der Waals surface area contributed by atoms with Gasteiger partial charge < -0.3 is 9.80 Å². The zero-order valence-electron chi connectivity index (χ0n) is 15.1. The van der Waals surface area contributed by atoms with Gasteiger partial charge in [0.05, 0.1) is 10.4 Å². The first-order valence-electron chi connectivity index (χ1n) is 9.64. The molecule has 2 saturated heterocycles. The predicted octanol–water partition coefficient (Wildman–Crippen LogP) is 3.48. The zero-order valence-corrected chi connectivity index (χ0v) is 16.7. The Labute approximate surface area is 165 Å². The Morgan fingerprint density at radius 1 is 1.04 bits per heavy atom. The topological polar surface area (TPSA) is 57.9 Å². The Morgan fingerprint density at radius 3 is 2.59 bits per heavy atom. The molecular weight excluding hydrogens is 380 g/mol. The van der Waals surface area contributed by atoms with Crippen LogP contribution in [-0.2, 0) is 4.79 Å². The number of amides is 2. The van der Waals surface area contributed by atoms with Crippen LogP contribution in [0.5, 0.6) is 0 Å². The third-order valence-corrected chi connectivity index (χ3v) is 7.51. The third kappa shape index (κ3) is 3.04. The number of piperidine rings is 2. The number of nitrogens with zero attached hydrogens (tertiary/aromatic N) is 4. The first-order chi connectivity index (χ1) is 13.2. The number of aromatic nitrogens is 2. The molecule has 27 heavy (non-hydrogen) atoms. The van der Waals surface area contributed by atoms with Crippen molar-refractivity contribution in [3.63, 3.8) is 0 Å². The largest absolute Gasteiger partial charge is 0.342 e. The van der Waals surface area contributed by atoms with Gasteiger partial charge in [0.2, 0.25) is 5.91 Å². The van der Waals surface area contributed by atoms with Crippen LogP contribution in [-0.4, -0.2) is 57.2 Å². The molecule has 5 heterocycles. The van der Waals surface area contributed by atoms with Gasteiger partial charge in [0.25, 0.3) is 5.91 Å². The first kappa shape index (κ1) is 17.2. The number of thiophene rings is 1. The van der Waals surface area contributed by atoms with Crippen LogP contribution >= 0.6 is 22.7 Å². The molecule has 5 rings (SSSR count). The average molecular weight is 403 g/mol. The van der Waals surface area contributed by atoms with Crippen molar-refractivity contribution in [3.8, 4) is 0 Å². The molecule has 2 amide bonds. The van der Waals surface area contributed by atoms with E-state index in [1.807, 2.05) is 31.8 Å². The summed E-state index contributed by atoms with van der Waals surface area (Å²) in [5.41, 5.74) is 1.01. The standard InChI is InChI=1S/C19H22N4O2S2/c24-17(21-6-2-1-3-7-21)13-4-8-22(9-5-13)18(25)15-12-14-16(27-15)20-19-23(14)10-11-26-19/h10-13H,1-9H2. The summed E-state index contributed by atoms with van der Waals surface area (Å²) in [6.07, 6.45) is 7.04. The van der Waals surface area contributed by atoms with E-state index in [1.165, 1.54) is 17.8 Å². The lowest BCUT2D eigenvalue weighted by molar-refractivity contribution is -0.137. The Kier molecular flexibility index (Phi) is 4.40. The van der Waals surface area contributed by atoms with Gasteiger partial charge in [-0.15, -0.1) is 22.7 Å². The van der Waals surface area contributed by atoms with Gasteiger partial charge in [-0.25, -0.2) is 4.98 Å². The van der Waals surface area contributed by atoms with E-state index in [0.29, 0.717) is 19.0 Å². The minimum absolute atomic E-state index is 0.0749. The highest BCUT2D eigenvalue weighted by molar-refractivity contribution is 7.21. The van der Waals surface area contributed by atoms with Crippen LogP contribution in [0.3, 0.4) is 0 Å². The van der Waals surface area contributed by atoms with Crippen molar-refractivity contribution in [2.75, 3.05) is 26.2 Å². The summed E-state index contributed by atoms with van der Waals surface area (Å²) in [4.78, 5) is 36.8. The van der Waals surface area contributed by atoms with Crippen molar-refractivity contribution >= 4 is 49.8 Å². The highest BCUT2D eigenvalue weighted by Crippen LogP contribution is 2.30. The molecule has 3 aromatic heterocycles. The molecule has 0 radical (unpaired) electrons. The molecule has 142 valence electrons. The molecule has 0 unspecified atom stereocenters. The molecular formula is C19H22N4O2S2. The fraction of sp³-hybridized carbons (Fsp3) is 0.526. The van der Waals surface area contributed by atoms with Crippen LogP contribution in [0.15, 0.2) is 17.6 Å². The molecule has 0 aliphatic carbocycles. The summed E-state index contributed by atoms with van der Waals surface area (Å²) in [6.45, 7) is 3.15. The van der Waals surface area contributed by atoms with Crippen LogP contribution in [0.1, 0.15) is 41.8 Å². The van der Waals surface area contributed by atoms with Crippen molar-refractivity contribution in [2.24, 2.45) is 5.92 Å². The maximum absolute atomic E-state index is 12.9. The molecule has 2 aliphatic heterocycles. The van der Waals surface area contributed by atoms with Crippen LogP contribution in [0.25, 0.3) is 15.3 Å². The molecule has 0 aromatic carbocycles. The van der Waals surface area contributed by atoms with E-state index in [4.69, 9.17) is 0 Å². The second kappa shape index (κ2) is 6.91. The molecule has 8 heteroatoms. The van der Waals surface area contributed by atoms with Crippen molar-refractivity contribution in [2.45, 2.75) is 32.1 Å². The van der Waals surface area contributed by atoms with Crippen molar-refractivity contribution in [1.29, 1.82) is 0 Å².